The zero-order valence-electron chi connectivity index (χ0n) is 27.7. The summed E-state index contributed by atoms with van der Waals surface area (Å²) >= 11 is 0. The van der Waals surface area contributed by atoms with Crippen LogP contribution in [0.2, 0.25) is 0 Å². The number of nitrogens with one attached hydrogen (secondary N) is 2. The molecule has 4 aromatic carbocycles. The van der Waals surface area contributed by atoms with Crippen molar-refractivity contribution in [1.82, 2.24) is 39.9 Å². The van der Waals surface area contributed by atoms with Crippen LogP contribution in [0.5, 0.6) is 0 Å². The number of rotatable bonds is 4. The summed E-state index contributed by atoms with van der Waals surface area (Å²) in [6.45, 7) is 0. The Morgan fingerprint density at radius 2 is 0.632 bits per heavy atom. The van der Waals surface area contributed by atoms with Crippen molar-refractivity contribution in [2.24, 2.45) is 0 Å². The Bertz CT molecular complexity index is 3620. The van der Waals surface area contributed by atoms with Crippen molar-refractivity contribution >= 4 is 84.6 Å². The molecule has 6 N–H and O–H groups in total. The third kappa shape index (κ3) is 6.54. The Kier molecular flexibility index (Phi) is 8.53. The van der Waals surface area contributed by atoms with Gasteiger partial charge in [0.2, 0.25) is 0 Å². The van der Waals surface area contributed by atoms with Crippen molar-refractivity contribution in [3.05, 3.63) is 72.8 Å². The van der Waals surface area contributed by atoms with E-state index in [4.69, 9.17) is 0 Å². The standard InChI is InChI=1S/C32H18N8O12S4.Fe/c41-53(42,43)13-1-5-17-21(9-13)29-34-25(17)33-26-18-6-2-15(55(47,48)49)11-23(18)31(35-26)40-32-24-12-16(56(50,51)52)4-8-20(24)28(39-32)38-30-22-10-14(54(44,45)46)3-7-19(22)27(36-29)37-30;/h1-12H,(H,41,42,43)(H,44,45,46)(H,47,48,49)(H,50,51,52)(H2,33,34,35,36,37,38,39,40);. The van der Waals surface area contributed by atoms with Crippen molar-refractivity contribution in [3.8, 4) is 45.6 Å². The summed E-state index contributed by atoms with van der Waals surface area (Å²) in [5.74, 6) is -0.486. The molecule has 0 spiro atoms. The van der Waals surface area contributed by atoms with Crippen LogP contribution < -0.4 is 0 Å². The number of aromatic amines is 2. The molecule has 7 aromatic rings. The summed E-state index contributed by atoms with van der Waals surface area (Å²) in [7, 11) is -19.0. The van der Waals surface area contributed by atoms with Crippen LogP contribution in [0.1, 0.15) is 0 Å². The van der Waals surface area contributed by atoms with E-state index in [-0.39, 0.29) is 107 Å². The Morgan fingerprint density at radius 3 is 0.965 bits per heavy atom. The molecule has 0 radical (unpaired) electrons. The van der Waals surface area contributed by atoms with Gasteiger partial charge in [0.1, 0.15) is 22.6 Å². The molecule has 57 heavy (non-hydrogen) atoms. The van der Waals surface area contributed by atoms with E-state index in [2.05, 4.69) is 39.9 Å². The van der Waals surface area contributed by atoms with Gasteiger partial charge < -0.3 is 9.97 Å². The zero-order valence-corrected chi connectivity index (χ0v) is 32.0. The summed E-state index contributed by atoms with van der Waals surface area (Å²) < 4.78 is 137. The van der Waals surface area contributed by atoms with Gasteiger partial charge in [-0.3, -0.25) is 18.2 Å². The fourth-order valence-electron chi connectivity index (χ4n) is 6.35. The van der Waals surface area contributed by atoms with Crippen molar-refractivity contribution in [2.45, 2.75) is 19.6 Å². The quantitative estimate of drug-likeness (QED) is 0.108. The molecule has 0 aliphatic carbocycles. The first-order valence-corrected chi connectivity index (χ1v) is 21.3. The van der Waals surface area contributed by atoms with Gasteiger partial charge in [0.25, 0.3) is 40.5 Å². The Hall–Kier alpha value is -5.60. The third-order valence-electron chi connectivity index (χ3n) is 8.91. The summed E-state index contributed by atoms with van der Waals surface area (Å²) in [4.78, 5) is 31.4. The summed E-state index contributed by atoms with van der Waals surface area (Å²) in [5, 5.41) is 0.655. The maximum atomic E-state index is 12.2. The van der Waals surface area contributed by atoms with E-state index in [9.17, 15) is 51.9 Å². The van der Waals surface area contributed by atoms with E-state index in [1.165, 1.54) is 24.3 Å². The molecule has 0 saturated heterocycles. The second kappa shape index (κ2) is 12.7. The maximum Gasteiger partial charge on any atom is 0.294 e. The van der Waals surface area contributed by atoms with Crippen LogP contribution in [-0.2, 0) is 57.5 Å². The second-order valence-corrected chi connectivity index (χ2v) is 18.0. The molecule has 2 aliphatic rings. The molecule has 8 bridgehead atoms. The Balaban J connectivity index is 0.00000455. The average molecular weight is 891 g/mol. The van der Waals surface area contributed by atoms with Gasteiger partial charge >= 0.3 is 0 Å². The van der Waals surface area contributed by atoms with Gasteiger partial charge in [-0.05, 0) is 72.8 Å². The number of benzene rings is 4. The molecule has 0 unspecified atom stereocenters. The van der Waals surface area contributed by atoms with Crippen LogP contribution in [0.15, 0.2) is 92.4 Å². The van der Waals surface area contributed by atoms with Gasteiger partial charge in [0.05, 0.1) is 19.6 Å². The summed E-state index contributed by atoms with van der Waals surface area (Å²) in [5.41, 5.74) is 0.408. The Morgan fingerprint density at radius 1 is 0.351 bits per heavy atom. The second-order valence-electron chi connectivity index (χ2n) is 12.3. The van der Waals surface area contributed by atoms with Crippen LogP contribution in [0.3, 0.4) is 0 Å². The fraction of sp³-hybridized carbons (Fsp3) is 0. The average Bonchev–Trinajstić information content (AvgIpc) is 3.84. The van der Waals surface area contributed by atoms with Gasteiger partial charge in [-0.1, -0.05) is 0 Å². The molecule has 25 heteroatoms. The molecule has 5 heterocycles. The monoisotopic (exact) mass is 890 g/mol. The van der Waals surface area contributed by atoms with Gasteiger partial charge in [0, 0.05) is 60.9 Å². The molecule has 2 aliphatic heterocycles. The van der Waals surface area contributed by atoms with E-state index in [1.807, 2.05) is 0 Å². The smallest absolute Gasteiger partial charge is 0.294 e. The molecular formula is C32H18FeN8O12S4. The van der Waals surface area contributed by atoms with Crippen LogP contribution >= 0.6 is 0 Å². The first-order chi connectivity index (χ1) is 26.2. The molecule has 0 fully saturated rings. The van der Waals surface area contributed by atoms with Gasteiger partial charge in [-0.25, -0.2) is 29.9 Å². The van der Waals surface area contributed by atoms with Gasteiger partial charge in [-0.2, -0.15) is 33.7 Å². The van der Waals surface area contributed by atoms with E-state index >= 15 is 0 Å². The summed E-state index contributed by atoms with van der Waals surface area (Å²) in [6.07, 6.45) is 0. The van der Waals surface area contributed by atoms with Crippen molar-refractivity contribution < 1.29 is 69.0 Å². The molecule has 20 nitrogen and oxygen atoms in total. The minimum absolute atomic E-state index is 0. The predicted molar refractivity (Wildman–Crippen MR) is 195 cm³/mol. The number of H-pyrrole nitrogens is 2. The zero-order chi connectivity index (χ0) is 39.7. The van der Waals surface area contributed by atoms with Crippen LogP contribution in [0.25, 0.3) is 89.7 Å². The third-order valence-corrected chi connectivity index (χ3v) is 12.3. The van der Waals surface area contributed by atoms with Crippen LogP contribution in [0, 0.1) is 0 Å². The number of hydrogen-bond donors (Lipinski definition) is 6. The molecule has 0 atom stereocenters. The molecule has 0 saturated carbocycles. The van der Waals surface area contributed by atoms with Gasteiger partial charge in [-0.15, -0.1) is 0 Å². The summed E-state index contributed by atoms with van der Waals surface area (Å²) in [6, 6.07) is 14.1. The van der Waals surface area contributed by atoms with Crippen molar-refractivity contribution in [2.75, 3.05) is 0 Å². The fourth-order valence-corrected chi connectivity index (χ4v) is 8.38. The normalized spacial score (nSPS) is 13.0. The van der Waals surface area contributed by atoms with Crippen molar-refractivity contribution in [1.29, 1.82) is 0 Å². The maximum absolute atomic E-state index is 12.2. The van der Waals surface area contributed by atoms with Crippen LogP contribution in [0.4, 0.5) is 0 Å². The molecule has 290 valence electrons. The Labute approximate surface area is 329 Å². The number of nitrogens with zero attached hydrogens (tertiary/aromatic N) is 6. The number of hydrogen-bond acceptors (Lipinski definition) is 14. The van der Waals surface area contributed by atoms with E-state index in [0.29, 0.717) is 0 Å². The van der Waals surface area contributed by atoms with E-state index in [0.717, 1.165) is 48.5 Å². The van der Waals surface area contributed by atoms with Crippen LogP contribution in [-0.4, -0.2) is 91.8 Å². The number of aromatic nitrogens is 8. The number of fused-ring (bicyclic) bond motifs is 20. The minimum Gasteiger partial charge on any atom is -0.324 e. The molecular weight excluding hydrogens is 873 g/mol. The van der Waals surface area contributed by atoms with Gasteiger partial charge in [0.15, 0.2) is 23.3 Å². The first kappa shape index (κ1) is 38.3. The largest absolute Gasteiger partial charge is 0.324 e. The SMILES string of the molecule is O=S(=O)(O)c1ccc2c(c1)-c1nc-2nc2[nH]c(nc3nc(nc4[nH]c(n1)c1ccc(S(=O)(=O)O)cc41)-c1cc(S(=O)(=O)O)ccc1-3)c1ccc(S(=O)(=O)O)cc21.[Fe]. The van der Waals surface area contributed by atoms with E-state index < -0.39 is 60.1 Å². The predicted octanol–water partition coefficient (Wildman–Crippen LogP) is 3.85. The van der Waals surface area contributed by atoms with E-state index in [1.54, 1.807) is 0 Å². The first-order valence-electron chi connectivity index (χ1n) is 15.5. The molecule has 3 aromatic heterocycles. The molecule has 0 amide bonds. The molecule has 9 rings (SSSR count). The topological polar surface area (TPSA) is 326 Å². The minimum atomic E-state index is -4.75. The van der Waals surface area contributed by atoms with Crippen molar-refractivity contribution in [3.63, 3.8) is 0 Å².